The zero-order valence-electron chi connectivity index (χ0n) is 12.2. The van der Waals surface area contributed by atoms with Gasteiger partial charge in [-0.05, 0) is 49.3 Å². The van der Waals surface area contributed by atoms with Crippen LogP contribution in [0.3, 0.4) is 0 Å². The van der Waals surface area contributed by atoms with Crippen LogP contribution in [0.2, 0.25) is 0 Å². The van der Waals surface area contributed by atoms with Crippen LogP contribution < -0.4 is 5.73 Å². The van der Waals surface area contributed by atoms with E-state index in [-0.39, 0.29) is 0 Å². The second kappa shape index (κ2) is 4.88. The molecule has 21 heavy (non-hydrogen) atoms. The summed E-state index contributed by atoms with van der Waals surface area (Å²) in [4.78, 5) is 6.78. The molecule has 1 aliphatic rings. The number of anilines is 1. The van der Waals surface area contributed by atoms with E-state index in [9.17, 15) is 0 Å². The summed E-state index contributed by atoms with van der Waals surface area (Å²) in [6.45, 7) is 2.20. The van der Waals surface area contributed by atoms with Crippen LogP contribution in [0.1, 0.15) is 35.8 Å². The Morgan fingerprint density at radius 1 is 1.24 bits per heavy atom. The Labute approximate surface area is 128 Å². The first-order valence-corrected chi connectivity index (χ1v) is 8.46. The Morgan fingerprint density at radius 3 is 2.86 bits per heavy atom. The van der Waals surface area contributed by atoms with Gasteiger partial charge in [-0.1, -0.05) is 19.1 Å². The van der Waals surface area contributed by atoms with Gasteiger partial charge in [-0.15, -0.1) is 11.3 Å². The number of aromatic nitrogens is 2. The Balaban J connectivity index is 1.95. The molecule has 1 aliphatic carbocycles. The largest absolute Gasteiger partial charge is 0.383 e. The van der Waals surface area contributed by atoms with Crippen LogP contribution >= 0.6 is 11.3 Å². The Bertz CT molecular complexity index is 813. The number of thiazole rings is 1. The van der Waals surface area contributed by atoms with Crippen molar-refractivity contribution in [3.05, 3.63) is 40.4 Å². The summed E-state index contributed by atoms with van der Waals surface area (Å²) >= 11 is 1.75. The maximum absolute atomic E-state index is 6.13. The molecule has 1 aromatic carbocycles. The van der Waals surface area contributed by atoms with Crippen LogP contribution in [0.15, 0.2) is 24.4 Å². The van der Waals surface area contributed by atoms with E-state index in [1.165, 1.54) is 52.9 Å². The van der Waals surface area contributed by atoms with E-state index in [1.807, 2.05) is 0 Å². The third-order valence-electron chi connectivity index (χ3n) is 4.40. The number of nitrogens with two attached hydrogens (primary N) is 1. The molecule has 3 aromatic rings. The molecule has 0 bridgehead atoms. The molecule has 2 heterocycles. The number of fused-ring (bicyclic) bond motifs is 2. The van der Waals surface area contributed by atoms with Crippen LogP contribution in [0.4, 0.5) is 5.82 Å². The number of hydrogen-bond donors (Lipinski definition) is 1. The minimum Gasteiger partial charge on any atom is -0.383 e. The summed E-state index contributed by atoms with van der Waals surface area (Å²) < 4.78 is 2.11. The van der Waals surface area contributed by atoms with Gasteiger partial charge in [0, 0.05) is 10.4 Å². The number of nitrogens with zero attached hydrogens (tertiary/aromatic N) is 2. The fourth-order valence-electron chi connectivity index (χ4n) is 3.34. The fraction of sp³-hybridized carbons (Fsp3) is 0.353. The van der Waals surface area contributed by atoms with Crippen LogP contribution in [0.5, 0.6) is 0 Å². The molecule has 4 heteroatoms. The van der Waals surface area contributed by atoms with E-state index < -0.39 is 0 Å². The van der Waals surface area contributed by atoms with Crippen molar-refractivity contribution in [1.29, 1.82) is 0 Å². The normalized spacial score (nSPS) is 14.5. The standard InChI is InChI=1S/C17H19N3S/c1-2-14-16(20-15(18)10-19-17(20)21-14)13-8-7-11-5-3-4-6-12(11)9-13/h7-10H,2-6,18H2,1H3. The SMILES string of the molecule is CCc1sc2ncc(N)n2c1-c1ccc2c(c1)CCCC2. The number of rotatable bonds is 2. The topological polar surface area (TPSA) is 43.3 Å². The van der Waals surface area contributed by atoms with Crippen molar-refractivity contribution >= 4 is 22.1 Å². The van der Waals surface area contributed by atoms with E-state index in [4.69, 9.17) is 5.73 Å². The zero-order valence-corrected chi connectivity index (χ0v) is 13.0. The van der Waals surface area contributed by atoms with Crippen molar-refractivity contribution in [2.24, 2.45) is 0 Å². The summed E-state index contributed by atoms with van der Waals surface area (Å²) in [5.41, 5.74) is 11.7. The Morgan fingerprint density at radius 2 is 2.05 bits per heavy atom. The first-order chi connectivity index (χ1) is 10.3. The van der Waals surface area contributed by atoms with Crippen molar-refractivity contribution in [2.45, 2.75) is 39.0 Å². The highest BCUT2D eigenvalue weighted by Crippen LogP contribution is 2.35. The molecule has 0 unspecified atom stereocenters. The van der Waals surface area contributed by atoms with Gasteiger partial charge in [0.2, 0.25) is 0 Å². The summed E-state index contributed by atoms with van der Waals surface area (Å²) in [6.07, 6.45) is 7.83. The molecule has 0 atom stereocenters. The molecular weight excluding hydrogens is 278 g/mol. The predicted octanol–water partition coefficient (Wildman–Crippen LogP) is 4.09. The quantitative estimate of drug-likeness (QED) is 0.774. The third kappa shape index (κ3) is 1.97. The van der Waals surface area contributed by atoms with Crippen LogP contribution in [-0.4, -0.2) is 9.38 Å². The van der Waals surface area contributed by atoms with E-state index in [0.717, 1.165) is 17.2 Å². The number of nitrogen functional groups attached to an aromatic ring is 1. The van der Waals surface area contributed by atoms with E-state index in [1.54, 1.807) is 17.5 Å². The molecule has 0 fully saturated rings. The molecule has 0 saturated heterocycles. The van der Waals surface area contributed by atoms with Crippen molar-refractivity contribution in [3.8, 4) is 11.3 Å². The lowest BCUT2D eigenvalue weighted by molar-refractivity contribution is 0.686. The summed E-state index contributed by atoms with van der Waals surface area (Å²) in [7, 11) is 0. The molecule has 0 radical (unpaired) electrons. The van der Waals surface area contributed by atoms with Gasteiger partial charge in [0.05, 0.1) is 11.9 Å². The maximum atomic E-state index is 6.13. The van der Waals surface area contributed by atoms with Gasteiger partial charge >= 0.3 is 0 Å². The molecule has 108 valence electrons. The first-order valence-electron chi connectivity index (χ1n) is 7.64. The molecule has 4 rings (SSSR count). The van der Waals surface area contributed by atoms with Gasteiger partial charge in [-0.3, -0.25) is 4.40 Å². The maximum Gasteiger partial charge on any atom is 0.196 e. The molecule has 3 nitrogen and oxygen atoms in total. The van der Waals surface area contributed by atoms with Crippen molar-refractivity contribution in [2.75, 3.05) is 5.73 Å². The monoisotopic (exact) mass is 297 g/mol. The molecule has 2 aromatic heterocycles. The van der Waals surface area contributed by atoms with Gasteiger partial charge in [0.1, 0.15) is 5.82 Å². The van der Waals surface area contributed by atoms with Crippen molar-refractivity contribution in [1.82, 2.24) is 9.38 Å². The van der Waals surface area contributed by atoms with E-state index >= 15 is 0 Å². The summed E-state index contributed by atoms with van der Waals surface area (Å²) in [5.74, 6) is 0.730. The van der Waals surface area contributed by atoms with Crippen molar-refractivity contribution < 1.29 is 0 Å². The molecule has 0 aliphatic heterocycles. The molecule has 0 saturated carbocycles. The second-order valence-electron chi connectivity index (χ2n) is 5.72. The van der Waals surface area contributed by atoms with Crippen LogP contribution in [-0.2, 0) is 19.3 Å². The van der Waals surface area contributed by atoms with Crippen LogP contribution in [0.25, 0.3) is 16.2 Å². The van der Waals surface area contributed by atoms with Crippen LogP contribution in [0, 0.1) is 0 Å². The number of hydrogen-bond acceptors (Lipinski definition) is 3. The number of aryl methyl sites for hydroxylation is 3. The van der Waals surface area contributed by atoms with Gasteiger partial charge < -0.3 is 5.73 Å². The average molecular weight is 297 g/mol. The first kappa shape index (κ1) is 12.9. The summed E-state index contributed by atoms with van der Waals surface area (Å²) in [6, 6.07) is 6.93. The smallest absolute Gasteiger partial charge is 0.196 e. The summed E-state index contributed by atoms with van der Waals surface area (Å²) in [5, 5.41) is 0. The Kier molecular flexibility index (Phi) is 3.00. The van der Waals surface area contributed by atoms with Gasteiger partial charge in [0.15, 0.2) is 4.96 Å². The molecule has 0 spiro atoms. The number of imidazole rings is 1. The number of benzene rings is 1. The van der Waals surface area contributed by atoms with Gasteiger partial charge in [-0.25, -0.2) is 4.98 Å². The fourth-order valence-corrected chi connectivity index (χ4v) is 4.40. The highest BCUT2D eigenvalue weighted by atomic mass is 32.1. The lowest BCUT2D eigenvalue weighted by atomic mass is 9.90. The predicted molar refractivity (Wildman–Crippen MR) is 88.9 cm³/mol. The third-order valence-corrected chi connectivity index (χ3v) is 5.60. The lowest BCUT2D eigenvalue weighted by Gasteiger charge is -2.17. The Hall–Kier alpha value is -1.81. The van der Waals surface area contributed by atoms with E-state index in [2.05, 4.69) is 34.5 Å². The molecular formula is C17H19N3S. The van der Waals surface area contributed by atoms with Gasteiger partial charge in [0.25, 0.3) is 0 Å². The second-order valence-corrected chi connectivity index (χ2v) is 6.78. The minimum atomic E-state index is 0.730. The minimum absolute atomic E-state index is 0.730. The van der Waals surface area contributed by atoms with Gasteiger partial charge in [-0.2, -0.15) is 0 Å². The zero-order chi connectivity index (χ0) is 14.4. The van der Waals surface area contributed by atoms with E-state index in [0.29, 0.717) is 0 Å². The van der Waals surface area contributed by atoms with Crippen molar-refractivity contribution in [3.63, 3.8) is 0 Å². The highest BCUT2D eigenvalue weighted by molar-refractivity contribution is 7.17. The molecule has 0 amide bonds. The molecule has 2 N–H and O–H groups in total. The highest BCUT2D eigenvalue weighted by Gasteiger charge is 2.18. The average Bonchev–Trinajstić information content (AvgIpc) is 3.06. The lowest BCUT2D eigenvalue weighted by Crippen LogP contribution is -2.03.